The summed E-state index contributed by atoms with van der Waals surface area (Å²) in [6.07, 6.45) is 2.50. The number of hydrogen-bond acceptors (Lipinski definition) is 9. The van der Waals surface area contributed by atoms with Gasteiger partial charge in [-0.3, -0.25) is 14.4 Å². The maximum Gasteiger partial charge on any atom is 0.407 e. The second kappa shape index (κ2) is 17.9. The van der Waals surface area contributed by atoms with Crippen molar-refractivity contribution in [2.75, 3.05) is 39.3 Å². The number of hydrogen-bond donors (Lipinski definition) is 4. The van der Waals surface area contributed by atoms with Crippen molar-refractivity contribution >= 4 is 23.6 Å². The van der Waals surface area contributed by atoms with Gasteiger partial charge in [0.2, 0.25) is 11.8 Å². The molecule has 0 radical (unpaired) electrons. The SMILES string of the molecule is COc1c(CN2O[C@@H](CO)[C@@H]([C@H](C)OC(=O)NCCCCc3ccccc3)[C@H]2C(=O)N[C@H]2C[C@H]3C[C@@H]([C@@H]2C)C3(C)C)cccc1-c1cc(C(N)=O)cc(N(C)C)c1. The van der Waals surface area contributed by atoms with Crippen LogP contribution in [0.1, 0.15) is 74.9 Å². The van der Waals surface area contributed by atoms with Crippen LogP contribution in [0.3, 0.4) is 0 Å². The Bertz CT molecular complexity index is 1890. The Balaban J connectivity index is 1.24. The number of carbonyl (C=O) groups is 3. The number of nitrogens with two attached hydrogens (primary N) is 1. The molecular weight excluding hydrogens is 723 g/mol. The third-order valence-electron chi connectivity index (χ3n) is 13.0. The van der Waals surface area contributed by atoms with Gasteiger partial charge in [-0.2, -0.15) is 5.06 Å². The Labute approximate surface area is 337 Å². The fourth-order valence-corrected chi connectivity index (χ4v) is 9.56. The van der Waals surface area contributed by atoms with Crippen molar-refractivity contribution in [1.29, 1.82) is 0 Å². The quantitative estimate of drug-likeness (QED) is 0.129. The molecule has 0 spiro atoms. The van der Waals surface area contributed by atoms with Crippen LogP contribution in [-0.2, 0) is 27.3 Å². The second-order valence-corrected chi connectivity index (χ2v) is 17.0. The number of nitrogens with one attached hydrogen (secondary N) is 2. The lowest BCUT2D eigenvalue weighted by Gasteiger charge is -2.62. The van der Waals surface area contributed by atoms with E-state index in [9.17, 15) is 19.5 Å². The maximum atomic E-state index is 14.7. The summed E-state index contributed by atoms with van der Waals surface area (Å²) in [5.74, 6) is 0.416. The Hall–Kier alpha value is -4.65. The number of nitrogens with zero attached hydrogens (tertiary/aromatic N) is 2. The minimum absolute atomic E-state index is 0.0124. The number of rotatable bonds is 16. The van der Waals surface area contributed by atoms with E-state index in [0.717, 1.165) is 48.1 Å². The summed E-state index contributed by atoms with van der Waals surface area (Å²) in [5.41, 5.74) is 10.6. The smallest absolute Gasteiger partial charge is 0.407 e. The Morgan fingerprint density at radius 2 is 1.81 bits per heavy atom. The molecule has 1 aliphatic heterocycles. The summed E-state index contributed by atoms with van der Waals surface area (Å²) < 4.78 is 12.0. The largest absolute Gasteiger partial charge is 0.496 e. The maximum absolute atomic E-state index is 14.7. The van der Waals surface area contributed by atoms with Gasteiger partial charge in [-0.25, -0.2) is 4.79 Å². The van der Waals surface area contributed by atoms with Crippen molar-refractivity contribution in [3.63, 3.8) is 0 Å². The van der Waals surface area contributed by atoms with Crippen LogP contribution in [0.2, 0.25) is 0 Å². The van der Waals surface area contributed by atoms with Crippen LogP contribution in [0.15, 0.2) is 66.7 Å². The van der Waals surface area contributed by atoms with Crippen LogP contribution < -0.4 is 26.0 Å². The summed E-state index contributed by atoms with van der Waals surface area (Å²) in [4.78, 5) is 48.4. The third kappa shape index (κ3) is 9.08. The fourth-order valence-electron chi connectivity index (χ4n) is 9.56. The third-order valence-corrected chi connectivity index (χ3v) is 13.0. The first-order valence-corrected chi connectivity index (χ1v) is 20.3. The normalized spacial score (nSPS) is 25.5. The number of alkyl carbamates (subject to hydrolysis) is 1. The molecule has 7 rings (SSSR count). The molecule has 12 nitrogen and oxygen atoms in total. The molecule has 3 aliphatic carbocycles. The average Bonchev–Trinajstić information content (AvgIpc) is 3.56. The number of benzene rings is 3. The molecule has 5 N–H and O–H groups in total. The molecule has 1 saturated heterocycles. The molecule has 2 bridgehead atoms. The number of primary amides is 1. The highest BCUT2D eigenvalue weighted by molar-refractivity contribution is 5.96. The highest BCUT2D eigenvalue weighted by Crippen LogP contribution is 2.61. The highest BCUT2D eigenvalue weighted by atomic mass is 16.7. The van der Waals surface area contributed by atoms with E-state index in [4.69, 9.17) is 20.0 Å². The van der Waals surface area contributed by atoms with Crippen molar-refractivity contribution in [1.82, 2.24) is 15.7 Å². The zero-order valence-corrected chi connectivity index (χ0v) is 34.5. The molecule has 4 aliphatic rings. The fraction of sp³-hybridized carbons (Fsp3) is 0.533. The van der Waals surface area contributed by atoms with Crippen molar-refractivity contribution < 1.29 is 33.8 Å². The van der Waals surface area contributed by atoms with E-state index in [2.05, 4.69) is 43.5 Å². The molecule has 4 fully saturated rings. The van der Waals surface area contributed by atoms with Gasteiger partial charge in [0.25, 0.3) is 0 Å². The number of aliphatic hydroxyl groups excluding tert-OH is 1. The van der Waals surface area contributed by atoms with Crippen LogP contribution in [0.4, 0.5) is 10.5 Å². The summed E-state index contributed by atoms with van der Waals surface area (Å²) in [6, 6.07) is 20.4. The van der Waals surface area contributed by atoms with Gasteiger partial charge in [-0.15, -0.1) is 0 Å². The summed E-state index contributed by atoms with van der Waals surface area (Å²) in [6.45, 7) is 8.83. The predicted molar refractivity (Wildman–Crippen MR) is 220 cm³/mol. The van der Waals surface area contributed by atoms with E-state index >= 15 is 0 Å². The first-order valence-electron chi connectivity index (χ1n) is 20.3. The average molecular weight is 784 g/mol. The van der Waals surface area contributed by atoms with Gasteiger partial charge in [-0.1, -0.05) is 69.3 Å². The van der Waals surface area contributed by atoms with Gasteiger partial charge in [-0.05, 0) is 91.5 Å². The van der Waals surface area contributed by atoms with Crippen LogP contribution in [0, 0.1) is 29.1 Å². The van der Waals surface area contributed by atoms with Gasteiger partial charge >= 0.3 is 6.09 Å². The molecule has 3 saturated carbocycles. The van der Waals surface area contributed by atoms with Gasteiger partial charge < -0.3 is 35.8 Å². The Kier molecular flexibility index (Phi) is 13.2. The second-order valence-electron chi connectivity index (χ2n) is 17.0. The number of unbranched alkanes of at least 4 members (excludes halogenated alkanes) is 1. The van der Waals surface area contributed by atoms with Crippen molar-refractivity contribution in [2.24, 2.45) is 34.8 Å². The zero-order chi connectivity index (χ0) is 41.0. The summed E-state index contributed by atoms with van der Waals surface area (Å²) >= 11 is 0. The number of ether oxygens (including phenoxy) is 2. The molecule has 3 aromatic rings. The lowest BCUT2D eigenvalue weighted by Crippen LogP contribution is -2.62. The van der Waals surface area contributed by atoms with Crippen LogP contribution >= 0.6 is 0 Å². The monoisotopic (exact) mass is 783 g/mol. The molecule has 3 amide bonds. The molecule has 1 heterocycles. The highest BCUT2D eigenvalue weighted by Gasteiger charge is 2.57. The number of aliphatic hydroxyl groups is 1. The van der Waals surface area contributed by atoms with E-state index in [-0.39, 0.29) is 36.4 Å². The number of anilines is 1. The number of fused-ring (bicyclic) bond motifs is 2. The van der Waals surface area contributed by atoms with E-state index in [1.165, 1.54) is 12.0 Å². The molecule has 3 aromatic carbocycles. The number of para-hydroxylation sites is 1. The molecular formula is C45H61N5O7. The number of amides is 3. The number of aryl methyl sites for hydroxylation is 1. The van der Waals surface area contributed by atoms with Gasteiger partial charge in [0.15, 0.2) is 0 Å². The van der Waals surface area contributed by atoms with E-state index in [0.29, 0.717) is 29.7 Å². The molecule has 8 atom stereocenters. The minimum Gasteiger partial charge on any atom is -0.496 e. The topological polar surface area (TPSA) is 156 Å². The molecule has 12 heteroatoms. The van der Waals surface area contributed by atoms with Crippen LogP contribution in [0.5, 0.6) is 5.75 Å². The summed E-state index contributed by atoms with van der Waals surface area (Å²) in [7, 11) is 5.36. The van der Waals surface area contributed by atoms with E-state index in [1.807, 2.05) is 61.5 Å². The van der Waals surface area contributed by atoms with Gasteiger partial charge in [0.1, 0.15) is 24.0 Å². The zero-order valence-electron chi connectivity index (χ0n) is 34.5. The van der Waals surface area contributed by atoms with Crippen LogP contribution in [0.25, 0.3) is 11.1 Å². The van der Waals surface area contributed by atoms with Crippen molar-refractivity contribution in [3.8, 4) is 16.9 Å². The van der Waals surface area contributed by atoms with Crippen molar-refractivity contribution in [2.45, 2.75) is 90.6 Å². The minimum atomic E-state index is -0.902. The number of hydroxylamine groups is 2. The Morgan fingerprint density at radius 1 is 1.05 bits per heavy atom. The standard InChI is InChI=1S/C45H61N5O7/c1-27-36-23-33(45(36,3)4)24-37(27)48-43(53)40-39(28(2)56-44(54)47-19-12-11-16-29-14-9-8-10-15-29)38(26-51)57-50(40)25-30-17-13-18-35(41(30)55-7)31-20-32(42(46)52)22-34(21-31)49(5)6/h8-10,13-15,17-18,20-22,27-28,33,36-40,51H,11-12,16,19,23-26H2,1-7H3,(H2,46,52)(H,47,54)(H,48,53)/t27-,28-,33+,36-,37-,38-,39+,40-/m0/s1. The molecule has 0 unspecified atom stereocenters. The molecule has 57 heavy (non-hydrogen) atoms. The van der Waals surface area contributed by atoms with Crippen molar-refractivity contribution in [3.05, 3.63) is 83.4 Å². The van der Waals surface area contributed by atoms with E-state index in [1.54, 1.807) is 31.2 Å². The van der Waals surface area contributed by atoms with E-state index < -0.39 is 36.2 Å². The molecule has 308 valence electrons. The lowest BCUT2D eigenvalue weighted by atomic mass is 9.45. The predicted octanol–water partition coefficient (Wildman–Crippen LogP) is 5.94. The van der Waals surface area contributed by atoms with Gasteiger partial charge in [0.05, 0.1) is 26.2 Å². The number of carbonyl (C=O) groups excluding carboxylic acids is 3. The Morgan fingerprint density at radius 3 is 2.46 bits per heavy atom. The number of methoxy groups -OCH3 is 1. The first-order chi connectivity index (χ1) is 27.2. The van der Waals surface area contributed by atoms with Crippen LogP contribution in [-0.4, -0.2) is 86.7 Å². The first kappa shape index (κ1) is 42.0. The summed E-state index contributed by atoms with van der Waals surface area (Å²) in [5, 5.41) is 18.6. The lowest BCUT2D eigenvalue weighted by molar-refractivity contribution is -0.183. The molecule has 0 aromatic heterocycles. The van der Waals surface area contributed by atoms with Gasteiger partial charge in [0, 0.05) is 49.1 Å².